The van der Waals surface area contributed by atoms with E-state index in [9.17, 15) is 4.79 Å². The maximum Gasteiger partial charge on any atom is 0.317 e. The Kier molecular flexibility index (Phi) is 3.76. The van der Waals surface area contributed by atoms with Gasteiger partial charge in [-0.2, -0.15) is 0 Å². The molecule has 1 saturated heterocycles. The second-order valence-electron chi connectivity index (χ2n) is 6.38. The molecule has 1 N–H and O–H groups in total. The number of nitrogens with one attached hydrogen (secondary N) is 1. The van der Waals surface area contributed by atoms with Crippen LogP contribution < -0.4 is 5.32 Å². The molecule has 1 aliphatic heterocycles. The summed E-state index contributed by atoms with van der Waals surface area (Å²) in [5.74, 6) is 0.793. The lowest BCUT2D eigenvalue weighted by atomic mass is 9.96. The zero-order valence-corrected chi connectivity index (χ0v) is 11.4. The van der Waals surface area contributed by atoms with Crippen LogP contribution >= 0.6 is 0 Å². The summed E-state index contributed by atoms with van der Waals surface area (Å²) in [5, 5.41) is 3.26. The third kappa shape index (κ3) is 2.50. The predicted octanol–water partition coefficient (Wildman–Crippen LogP) is 3.29. The number of likely N-dealkylation sites (tertiary alicyclic amines) is 1. The molecule has 1 atom stereocenters. The number of urea groups is 1. The number of carbonyl (C=O) groups excluding carboxylic acids is 1. The zero-order chi connectivity index (χ0) is 12.4. The van der Waals surface area contributed by atoms with Gasteiger partial charge in [-0.3, -0.25) is 0 Å². The van der Waals surface area contributed by atoms with Crippen molar-refractivity contribution >= 4 is 6.03 Å². The average molecular weight is 250 g/mol. The van der Waals surface area contributed by atoms with Crippen LogP contribution in [-0.2, 0) is 0 Å². The molecule has 3 nitrogen and oxygen atoms in total. The highest BCUT2D eigenvalue weighted by Crippen LogP contribution is 2.35. The Morgan fingerprint density at radius 1 is 0.889 bits per heavy atom. The summed E-state index contributed by atoms with van der Waals surface area (Å²) in [6, 6.07) is 1.24. The van der Waals surface area contributed by atoms with Crippen molar-refractivity contribution in [2.45, 2.75) is 76.3 Å². The van der Waals surface area contributed by atoms with E-state index in [0.717, 1.165) is 12.5 Å². The van der Waals surface area contributed by atoms with E-state index in [1.54, 1.807) is 0 Å². The summed E-state index contributed by atoms with van der Waals surface area (Å²) in [5.41, 5.74) is 0. The predicted molar refractivity (Wildman–Crippen MR) is 72.5 cm³/mol. The molecule has 0 spiro atoms. The minimum atomic E-state index is 0.233. The van der Waals surface area contributed by atoms with Crippen molar-refractivity contribution < 1.29 is 4.79 Å². The fourth-order valence-corrected chi connectivity index (χ4v) is 4.20. The van der Waals surface area contributed by atoms with Crippen LogP contribution in [0.3, 0.4) is 0 Å². The van der Waals surface area contributed by atoms with Crippen molar-refractivity contribution in [2.75, 3.05) is 6.54 Å². The SMILES string of the molecule is O=C(NC1CCCC1)N1CCCC1C1CCCC1. The summed E-state index contributed by atoms with van der Waals surface area (Å²) in [6.45, 7) is 0.986. The van der Waals surface area contributed by atoms with Gasteiger partial charge in [0.25, 0.3) is 0 Å². The van der Waals surface area contributed by atoms with Crippen molar-refractivity contribution in [3.05, 3.63) is 0 Å². The molecule has 0 aromatic rings. The molecule has 3 rings (SSSR count). The summed E-state index contributed by atoms with van der Waals surface area (Å²) >= 11 is 0. The molecule has 3 aliphatic rings. The largest absolute Gasteiger partial charge is 0.335 e. The molecular weight excluding hydrogens is 224 g/mol. The first-order valence-electron chi connectivity index (χ1n) is 7.92. The van der Waals surface area contributed by atoms with Gasteiger partial charge in [0.05, 0.1) is 0 Å². The molecule has 0 aromatic carbocycles. The first kappa shape index (κ1) is 12.3. The highest BCUT2D eigenvalue weighted by molar-refractivity contribution is 5.75. The lowest BCUT2D eigenvalue weighted by Gasteiger charge is -2.30. The van der Waals surface area contributed by atoms with Crippen molar-refractivity contribution in [3.8, 4) is 0 Å². The van der Waals surface area contributed by atoms with Gasteiger partial charge in [0.1, 0.15) is 0 Å². The highest BCUT2D eigenvalue weighted by Gasteiger charge is 2.36. The second-order valence-corrected chi connectivity index (χ2v) is 6.38. The number of hydrogen-bond donors (Lipinski definition) is 1. The number of carbonyl (C=O) groups is 1. The Labute approximate surface area is 110 Å². The summed E-state index contributed by atoms with van der Waals surface area (Å²) < 4.78 is 0. The monoisotopic (exact) mass is 250 g/mol. The summed E-state index contributed by atoms with van der Waals surface area (Å²) in [7, 11) is 0. The van der Waals surface area contributed by atoms with E-state index in [2.05, 4.69) is 10.2 Å². The van der Waals surface area contributed by atoms with E-state index in [1.807, 2.05) is 0 Å². The molecule has 1 heterocycles. The Bertz CT molecular complexity index is 293. The number of rotatable bonds is 2. The average Bonchev–Trinajstić information content (AvgIpc) is 3.11. The van der Waals surface area contributed by atoms with Crippen molar-refractivity contribution in [3.63, 3.8) is 0 Å². The third-order valence-corrected chi connectivity index (χ3v) is 5.19. The molecule has 3 fully saturated rings. The molecule has 0 aromatic heterocycles. The molecule has 2 amide bonds. The van der Waals surface area contributed by atoms with E-state index >= 15 is 0 Å². The van der Waals surface area contributed by atoms with Crippen molar-refractivity contribution in [2.24, 2.45) is 5.92 Å². The Hall–Kier alpha value is -0.730. The topological polar surface area (TPSA) is 32.3 Å². The highest BCUT2D eigenvalue weighted by atomic mass is 16.2. The molecule has 2 saturated carbocycles. The minimum Gasteiger partial charge on any atom is -0.335 e. The van der Waals surface area contributed by atoms with E-state index in [1.165, 1.54) is 64.2 Å². The Balaban J connectivity index is 1.57. The first-order valence-corrected chi connectivity index (χ1v) is 7.92. The van der Waals surface area contributed by atoms with Gasteiger partial charge in [-0.25, -0.2) is 4.79 Å². The van der Waals surface area contributed by atoms with Crippen LogP contribution in [-0.4, -0.2) is 29.6 Å². The smallest absolute Gasteiger partial charge is 0.317 e. The quantitative estimate of drug-likeness (QED) is 0.801. The van der Waals surface area contributed by atoms with Gasteiger partial charge >= 0.3 is 6.03 Å². The third-order valence-electron chi connectivity index (χ3n) is 5.19. The fraction of sp³-hybridized carbons (Fsp3) is 0.933. The van der Waals surface area contributed by atoms with Crippen molar-refractivity contribution in [1.29, 1.82) is 0 Å². The van der Waals surface area contributed by atoms with Gasteiger partial charge in [-0.15, -0.1) is 0 Å². The Morgan fingerprint density at radius 2 is 1.56 bits per heavy atom. The number of hydrogen-bond acceptors (Lipinski definition) is 1. The number of nitrogens with zero attached hydrogens (tertiary/aromatic N) is 1. The molecule has 0 radical (unpaired) electrons. The van der Waals surface area contributed by atoms with E-state index in [4.69, 9.17) is 0 Å². The van der Waals surface area contributed by atoms with E-state index in [-0.39, 0.29) is 6.03 Å². The van der Waals surface area contributed by atoms with Gasteiger partial charge in [-0.05, 0) is 44.4 Å². The van der Waals surface area contributed by atoms with Crippen LogP contribution in [0.15, 0.2) is 0 Å². The second kappa shape index (κ2) is 5.50. The maximum atomic E-state index is 12.4. The van der Waals surface area contributed by atoms with E-state index < -0.39 is 0 Å². The maximum absolute atomic E-state index is 12.4. The van der Waals surface area contributed by atoms with Crippen LogP contribution in [0.5, 0.6) is 0 Å². The lowest BCUT2D eigenvalue weighted by molar-refractivity contribution is 0.169. The van der Waals surface area contributed by atoms with Crippen LogP contribution in [0.25, 0.3) is 0 Å². The molecule has 2 aliphatic carbocycles. The molecule has 102 valence electrons. The van der Waals surface area contributed by atoms with Gasteiger partial charge < -0.3 is 10.2 Å². The fourth-order valence-electron chi connectivity index (χ4n) is 4.20. The summed E-state index contributed by atoms with van der Waals surface area (Å²) in [4.78, 5) is 14.5. The molecule has 18 heavy (non-hydrogen) atoms. The van der Waals surface area contributed by atoms with Crippen LogP contribution in [0.4, 0.5) is 4.79 Å². The van der Waals surface area contributed by atoms with E-state index in [0.29, 0.717) is 12.1 Å². The molecule has 1 unspecified atom stereocenters. The summed E-state index contributed by atoms with van der Waals surface area (Å²) in [6.07, 6.45) is 12.8. The molecule has 3 heteroatoms. The lowest BCUT2D eigenvalue weighted by Crippen LogP contribution is -2.47. The van der Waals surface area contributed by atoms with Crippen LogP contribution in [0, 0.1) is 5.92 Å². The standard InChI is InChI=1S/C15H26N2O/c18-15(16-13-8-3-4-9-13)17-11-5-10-14(17)12-6-1-2-7-12/h12-14H,1-11H2,(H,16,18). The Morgan fingerprint density at radius 3 is 2.28 bits per heavy atom. The normalized spacial score (nSPS) is 30.2. The van der Waals surface area contributed by atoms with Gasteiger partial charge in [0, 0.05) is 18.6 Å². The van der Waals surface area contributed by atoms with Crippen LogP contribution in [0.1, 0.15) is 64.2 Å². The minimum absolute atomic E-state index is 0.233. The zero-order valence-electron chi connectivity index (χ0n) is 11.4. The first-order chi connectivity index (χ1) is 8.84. The van der Waals surface area contributed by atoms with Crippen LogP contribution in [0.2, 0.25) is 0 Å². The number of amides is 2. The molecular formula is C15H26N2O. The van der Waals surface area contributed by atoms with Gasteiger partial charge in [-0.1, -0.05) is 25.7 Å². The van der Waals surface area contributed by atoms with Crippen molar-refractivity contribution in [1.82, 2.24) is 10.2 Å². The van der Waals surface area contributed by atoms with Gasteiger partial charge in [0.15, 0.2) is 0 Å². The molecule has 0 bridgehead atoms. The van der Waals surface area contributed by atoms with Gasteiger partial charge in [0.2, 0.25) is 0 Å².